The SMILES string of the molecule is CCCCC=CC1=C(C)C(O)CC1=O. The number of hydrogen-bond acceptors (Lipinski definition) is 2. The minimum atomic E-state index is -0.548. The van der Waals surface area contributed by atoms with Crippen LogP contribution in [-0.2, 0) is 4.79 Å². The summed E-state index contributed by atoms with van der Waals surface area (Å²) in [5.41, 5.74) is 1.54. The van der Waals surface area contributed by atoms with Crippen LogP contribution in [0.1, 0.15) is 39.5 Å². The Hall–Kier alpha value is -0.890. The van der Waals surface area contributed by atoms with Crippen molar-refractivity contribution in [1.82, 2.24) is 0 Å². The van der Waals surface area contributed by atoms with E-state index in [0.717, 1.165) is 18.4 Å². The molecular weight excluding hydrogens is 176 g/mol. The summed E-state index contributed by atoms with van der Waals surface area (Å²) in [7, 11) is 0. The van der Waals surface area contributed by atoms with Crippen molar-refractivity contribution >= 4 is 5.78 Å². The summed E-state index contributed by atoms with van der Waals surface area (Å²) in [5.74, 6) is 0.0720. The second kappa shape index (κ2) is 5.11. The first-order valence-electron chi connectivity index (χ1n) is 5.25. The van der Waals surface area contributed by atoms with Crippen molar-refractivity contribution in [3.63, 3.8) is 0 Å². The predicted octanol–water partition coefficient (Wildman–Crippen LogP) is 2.38. The van der Waals surface area contributed by atoms with E-state index in [4.69, 9.17) is 0 Å². The van der Waals surface area contributed by atoms with E-state index >= 15 is 0 Å². The van der Waals surface area contributed by atoms with Crippen LogP contribution in [0, 0.1) is 0 Å². The fourth-order valence-corrected chi connectivity index (χ4v) is 1.59. The topological polar surface area (TPSA) is 37.3 Å². The largest absolute Gasteiger partial charge is 0.388 e. The molecule has 0 radical (unpaired) electrons. The van der Waals surface area contributed by atoms with Gasteiger partial charge in [-0.3, -0.25) is 4.79 Å². The Morgan fingerprint density at radius 1 is 1.57 bits per heavy atom. The van der Waals surface area contributed by atoms with E-state index in [-0.39, 0.29) is 12.2 Å². The number of aliphatic hydroxyl groups is 1. The lowest BCUT2D eigenvalue weighted by molar-refractivity contribution is -0.115. The van der Waals surface area contributed by atoms with Crippen LogP contribution in [0.15, 0.2) is 23.3 Å². The molecule has 1 unspecified atom stereocenters. The van der Waals surface area contributed by atoms with Gasteiger partial charge in [-0.25, -0.2) is 0 Å². The number of ketones is 1. The summed E-state index contributed by atoms with van der Waals surface area (Å²) >= 11 is 0. The first-order chi connectivity index (χ1) is 6.66. The molecule has 1 atom stereocenters. The standard InChI is InChI=1S/C12H18O2/c1-3-4-5-6-7-10-9(2)11(13)8-12(10)14/h6-7,11,13H,3-5,8H2,1-2H3. The van der Waals surface area contributed by atoms with Crippen LogP contribution in [0.4, 0.5) is 0 Å². The maximum absolute atomic E-state index is 11.4. The second-order valence-corrected chi connectivity index (χ2v) is 3.78. The first-order valence-corrected chi connectivity index (χ1v) is 5.25. The molecule has 0 amide bonds. The Morgan fingerprint density at radius 2 is 2.29 bits per heavy atom. The molecular formula is C12H18O2. The fraction of sp³-hybridized carbons (Fsp3) is 0.583. The summed E-state index contributed by atoms with van der Waals surface area (Å²) < 4.78 is 0. The van der Waals surface area contributed by atoms with Gasteiger partial charge in [0.05, 0.1) is 6.10 Å². The van der Waals surface area contributed by atoms with Crippen LogP contribution in [0.5, 0.6) is 0 Å². The highest BCUT2D eigenvalue weighted by atomic mass is 16.3. The number of allylic oxidation sites excluding steroid dienone is 3. The molecule has 0 fully saturated rings. The van der Waals surface area contributed by atoms with Crippen molar-refractivity contribution < 1.29 is 9.90 Å². The molecule has 2 heteroatoms. The Labute approximate surface area is 85.3 Å². The van der Waals surface area contributed by atoms with Crippen molar-refractivity contribution in [3.05, 3.63) is 23.3 Å². The molecule has 1 rings (SSSR count). The van der Waals surface area contributed by atoms with Gasteiger partial charge in [-0.15, -0.1) is 0 Å². The smallest absolute Gasteiger partial charge is 0.165 e. The van der Waals surface area contributed by atoms with Crippen molar-refractivity contribution in [2.45, 2.75) is 45.6 Å². The number of carbonyl (C=O) groups excluding carboxylic acids is 1. The third-order valence-electron chi connectivity index (χ3n) is 2.61. The summed E-state index contributed by atoms with van der Waals surface area (Å²) in [4.78, 5) is 11.4. The van der Waals surface area contributed by atoms with Gasteiger partial charge in [0.2, 0.25) is 0 Å². The van der Waals surface area contributed by atoms with Crippen LogP contribution >= 0.6 is 0 Å². The highest BCUT2D eigenvalue weighted by molar-refractivity contribution is 6.02. The third-order valence-corrected chi connectivity index (χ3v) is 2.61. The molecule has 0 saturated carbocycles. The lowest BCUT2D eigenvalue weighted by Crippen LogP contribution is -2.03. The highest BCUT2D eigenvalue weighted by Crippen LogP contribution is 2.24. The lowest BCUT2D eigenvalue weighted by Gasteiger charge is -1.98. The number of carbonyl (C=O) groups is 1. The summed E-state index contributed by atoms with van der Waals surface area (Å²) in [6.07, 6.45) is 6.93. The van der Waals surface area contributed by atoms with Gasteiger partial charge in [-0.2, -0.15) is 0 Å². The first kappa shape index (κ1) is 11.2. The van der Waals surface area contributed by atoms with Gasteiger partial charge >= 0.3 is 0 Å². The van der Waals surface area contributed by atoms with Crippen LogP contribution < -0.4 is 0 Å². The van der Waals surface area contributed by atoms with E-state index in [1.54, 1.807) is 0 Å². The highest BCUT2D eigenvalue weighted by Gasteiger charge is 2.25. The average Bonchev–Trinajstić information content (AvgIpc) is 2.38. The van der Waals surface area contributed by atoms with Crippen LogP contribution in [0.3, 0.4) is 0 Å². The lowest BCUT2D eigenvalue weighted by atomic mass is 10.1. The van der Waals surface area contributed by atoms with Crippen LogP contribution in [0.25, 0.3) is 0 Å². The quantitative estimate of drug-likeness (QED) is 0.698. The molecule has 0 aliphatic heterocycles. The summed E-state index contributed by atoms with van der Waals surface area (Å²) in [6, 6.07) is 0. The second-order valence-electron chi connectivity index (χ2n) is 3.78. The van der Waals surface area contributed by atoms with Gasteiger partial charge in [0.15, 0.2) is 5.78 Å². The van der Waals surface area contributed by atoms with E-state index in [1.165, 1.54) is 6.42 Å². The molecule has 2 nitrogen and oxygen atoms in total. The molecule has 0 aromatic carbocycles. The number of hydrogen-bond donors (Lipinski definition) is 1. The molecule has 14 heavy (non-hydrogen) atoms. The average molecular weight is 194 g/mol. The van der Waals surface area contributed by atoms with Gasteiger partial charge in [-0.05, 0) is 18.9 Å². The monoisotopic (exact) mass is 194 g/mol. The Morgan fingerprint density at radius 3 is 2.79 bits per heavy atom. The van der Waals surface area contributed by atoms with E-state index in [1.807, 2.05) is 19.1 Å². The molecule has 0 heterocycles. The minimum absolute atomic E-state index is 0.0720. The van der Waals surface area contributed by atoms with E-state index in [9.17, 15) is 9.90 Å². The zero-order valence-electron chi connectivity index (χ0n) is 8.92. The molecule has 0 spiro atoms. The number of Topliss-reactive ketones (excluding diaryl/α,β-unsaturated/α-hetero) is 1. The Balaban J connectivity index is 2.58. The molecule has 1 aliphatic rings. The normalized spacial score (nSPS) is 22.8. The van der Waals surface area contributed by atoms with Gasteiger partial charge in [0, 0.05) is 12.0 Å². The molecule has 0 bridgehead atoms. The number of unbranched alkanes of at least 4 members (excludes halogenated alkanes) is 2. The minimum Gasteiger partial charge on any atom is -0.388 e. The number of aliphatic hydroxyl groups excluding tert-OH is 1. The number of rotatable bonds is 4. The molecule has 1 aliphatic carbocycles. The van der Waals surface area contributed by atoms with Crippen molar-refractivity contribution in [1.29, 1.82) is 0 Å². The Bertz CT molecular complexity index is 274. The molecule has 0 saturated heterocycles. The van der Waals surface area contributed by atoms with E-state index in [0.29, 0.717) is 5.57 Å². The van der Waals surface area contributed by atoms with E-state index in [2.05, 4.69) is 6.92 Å². The van der Waals surface area contributed by atoms with Gasteiger partial charge < -0.3 is 5.11 Å². The molecule has 0 aromatic heterocycles. The third kappa shape index (κ3) is 2.55. The van der Waals surface area contributed by atoms with Crippen LogP contribution in [-0.4, -0.2) is 17.0 Å². The Kier molecular flexibility index (Phi) is 4.08. The maximum atomic E-state index is 11.4. The van der Waals surface area contributed by atoms with Gasteiger partial charge in [0.25, 0.3) is 0 Å². The predicted molar refractivity (Wildman–Crippen MR) is 57.0 cm³/mol. The van der Waals surface area contributed by atoms with Crippen molar-refractivity contribution in [2.75, 3.05) is 0 Å². The van der Waals surface area contributed by atoms with Crippen molar-refractivity contribution in [3.8, 4) is 0 Å². The van der Waals surface area contributed by atoms with Crippen LogP contribution in [0.2, 0.25) is 0 Å². The molecule has 78 valence electrons. The van der Waals surface area contributed by atoms with Gasteiger partial charge in [-0.1, -0.05) is 31.9 Å². The summed E-state index contributed by atoms with van der Waals surface area (Å²) in [5, 5.41) is 9.43. The van der Waals surface area contributed by atoms with Gasteiger partial charge in [0.1, 0.15) is 0 Å². The van der Waals surface area contributed by atoms with E-state index < -0.39 is 6.10 Å². The molecule has 1 N–H and O–H groups in total. The molecule has 0 aromatic rings. The fourth-order valence-electron chi connectivity index (χ4n) is 1.59. The zero-order valence-corrected chi connectivity index (χ0v) is 8.92. The van der Waals surface area contributed by atoms with Crippen molar-refractivity contribution in [2.24, 2.45) is 0 Å². The summed E-state index contributed by atoms with van der Waals surface area (Å²) in [6.45, 7) is 3.97. The zero-order chi connectivity index (χ0) is 10.6. The maximum Gasteiger partial charge on any atom is 0.165 e.